The maximum Gasteiger partial charge on any atom is 0.321 e. The molecule has 0 aromatic carbocycles. The Hall–Kier alpha value is -2.11. The summed E-state index contributed by atoms with van der Waals surface area (Å²) in [7, 11) is 1.30. The maximum absolute atomic E-state index is 14.0. The van der Waals surface area contributed by atoms with Gasteiger partial charge in [-0.1, -0.05) is 32.4 Å². The van der Waals surface area contributed by atoms with E-state index in [2.05, 4.69) is 19.9 Å². The van der Waals surface area contributed by atoms with Gasteiger partial charge < -0.3 is 14.6 Å². The molecular formula is C26H34O6. The molecule has 6 nitrogen and oxygen atoms in total. The van der Waals surface area contributed by atoms with Crippen molar-refractivity contribution in [3.63, 3.8) is 0 Å². The summed E-state index contributed by atoms with van der Waals surface area (Å²) in [6.45, 7) is 11.6. The lowest BCUT2D eigenvalue weighted by molar-refractivity contribution is -0.262. The van der Waals surface area contributed by atoms with E-state index in [-0.39, 0.29) is 46.4 Å². The predicted molar refractivity (Wildman–Crippen MR) is 116 cm³/mol. The summed E-state index contributed by atoms with van der Waals surface area (Å²) in [5, 5.41) is 11.2. The van der Waals surface area contributed by atoms with Crippen LogP contribution in [0, 0.1) is 38.9 Å². The summed E-state index contributed by atoms with van der Waals surface area (Å²) in [4.78, 5) is 41.3. The van der Waals surface area contributed by atoms with Crippen LogP contribution in [-0.4, -0.2) is 36.0 Å². The molecule has 4 aliphatic carbocycles. The number of ketones is 1. The molecule has 174 valence electrons. The van der Waals surface area contributed by atoms with Crippen molar-refractivity contribution in [3.05, 3.63) is 23.0 Å². The molecule has 2 bridgehead atoms. The van der Waals surface area contributed by atoms with Gasteiger partial charge in [0.05, 0.1) is 17.9 Å². The average molecular weight is 443 g/mol. The molecule has 7 atom stereocenters. The van der Waals surface area contributed by atoms with Crippen molar-refractivity contribution in [2.45, 2.75) is 73.3 Å². The Labute approximate surface area is 189 Å². The average Bonchev–Trinajstić information content (AvgIpc) is 2.90. The van der Waals surface area contributed by atoms with Gasteiger partial charge in [-0.05, 0) is 57.8 Å². The zero-order valence-corrected chi connectivity index (χ0v) is 20.1. The SMILES string of the molecule is COC(=O)C12C(=O)C(C)=C(O)C1(C)C(C)=CC1C34CCC(OC3=O)C(C)(C)C4CCC12C. The highest BCUT2D eigenvalue weighted by atomic mass is 16.6. The van der Waals surface area contributed by atoms with Crippen molar-refractivity contribution in [1.82, 2.24) is 0 Å². The van der Waals surface area contributed by atoms with Crippen LogP contribution in [0.15, 0.2) is 23.0 Å². The van der Waals surface area contributed by atoms with Crippen LogP contribution in [0.3, 0.4) is 0 Å². The van der Waals surface area contributed by atoms with Crippen LogP contribution in [0.4, 0.5) is 0 Å². The Morgan fingerprint density at radius 1 is 1.12 bits per heavy atom. The smallest absolute Gasteiger partial charge is 0.321 e. The molecule has 0 radical (unpaired) electrons. The monoisotopic (exact) mass is 442 g/mol. The molecule has 2 saturated carbocycles. The molecule has 2 heterocycles. The Bertz CT molecular complexity index is 1030. The molecule has 1 spiro atoms. The number of fused-ring (bicyclic) bond motifs is 5. The zero-order valence-electron chi connectivity index (χ0n) is 20.1. The molecular weight excluding hydrogens is 408 g/mol. The van der Waals surface area contributed by atoms with Crippen LogP contribution in [0.1, 0.15) is 67.2 Å². The second-order valence-electron chi connectivity index (χ2n) is 11.8. The number of ether oxygens (including phenoxy) is 2. The topological polar surface area (TPSA) is 89.9 Å². The molecule has 7 unspecified atom stereocenters. The number of hydrogen-bond acceptors (Lipinski definition) is 6. The van der Waals surface area contributed by atoms with Gasteiger partial charge in [0.25, 0.3) is 0 Å². The lowest BCUT2D eigenvalue weighted by atomic mass is 9.32. The van der Waals surface area contributed by atoms with E-state index in [9.17, 15) is 19.5 Å². The number of aliphatic hydroxyl groups is 1. The molecule has 4 fully saturated rings. The number of rotatable bonds is 1. The van der Waals surface area contributed by atoms with Crippen molar-refractivity contribution >= 4 is 17.7 Å². The molecule has 0 aromatic heterocycles. The van der Waals surface area contributed by atoms with Crippen molar-refractivity contribution in [1.29, 1.82) is 0 Å². The van der Waals surface area contributed by atoms with Crippen LogP contribution in [-0.2, 0) is 23.9 Å². The van der Waals surface area contributed by atoms with E-state index >= 15 is 0 Å². The molecule has 6 rings (SSSR count). The number of carbonyl (C=O) groups excluding carboxylic acids is 3. The molecule has 1 N–H and O–H groups in total. The molecule has 32 heavy (non-hydrogen) atoms. The summed E-state index contributed by atoms with van der Waals surface area (Å²) in [5.41, 5.74) is -3.76. The van der Waals surface area contributed by atoms with Crippen LogP contribution in [0.25, 0.3) is 0 Å². The molecule has 2 saturated heterocycles. The number of aliphatic hydroxyl groups excluding tert-OH is 1. The van der Waals surface area contributed by atoms with E-state index in [1.807, 2.05) is 13.8 Å². The Morgan fingerprint density at radius 3 is 2.38 bits per heavy atom. The minimum atomic E-state index is -1.62. The molecule has 6 aliphatic rings. The number of Topliss-reactive ketones (excluding diaryl/α,β-unsaturated/α-hetero) is 1. The minimum absolute atomic E-state index is 0.0591. The molecule has 2 aliphatic heterocycles. The van der Waals surface area contributed by atoms with E-state index in [0.717, 1.165) is 18.4 Å². The minimum Gasteiger partial charge on any atom is -0.511 e. The van der Waals surface area contributed by atoms with Crippen molar-refractivity contribution < 1.29 is 29.0 Å². The van der Waals surface area contributed by atoms with E-state index in [1.165, 1.54) is 7.11 Å². The van der Waals surface area contributed by atoms with E-state index in [4.69, 9.17) is 9.47 Å². The lowest BCUT2D eigenvalue weighted by Crippen LogP contribution is -2.74. The summed E-state index contributed by atoms with van der Waals surface area (Å²) in [6.07, 6.45) is 4.77. The first-order valence-electron chi connectivity index (χ1n) is 11.7. The standard InChI is InChI=1S/C26H34O6/c1-13-12-16-23(5,26(21(30)31-7)19(28)14(2)18(27)24(13,26)6)10-8-15-22(3,4)17-9-11-25(15,16)20(29)32-17/h12,15-17,27H,8-11H2,1-7H3. The number of methoxy groups -OCH3 is 1. The first kappa shape index (κ1) is 21.7. The molecule has 0 aromatic rings. The van der Waals surface area contributed by atoms with E-state index < -0.39 is 27.6 Å². The van der Waals surface area contributed by atoms with Crippen molar-refractivity contribution in [3.8, 4) is 0 Å². The summed E-state index contributed by atoms with van der Waals surface area (Å²) in [5.74, 6) is -1.51. The van der Waals surface area contributed by atoms with Gasteiger partial charge in [-0.2, -0.15) is 0 Å². The molecule has 0 amide bonds. The molecule has 6 heteroatoms. The lowest BCUT2D eigenvalue weighted by Gasteiger charge is -2.70. The summed E-state index contributed by atoms with van der Waals surface area (Å²) >= 11 is 0. The van der Waals surface area contributed by atoms with Crippen LogP contribution < -0.4 is 0 Å². The van der Waals surface area contributed by atoms with Gasteiger partial charge in [0, 0.05) is 16.9 Å². The number of allylic oxidation sites excluding steroid dienone is 3. The van der Waals surface area contributed by atoms with Gasteiger partial charge in [0.15, 0.2) is 11.2 Å². The zero-order chi connectivity index (χ0) is 23.6. The fourth-order valence-corrected chi connectivity index (χ4v) is 9.13. The highest BCUT2D eigenvalue weighted by molar-refractivity contribution is 6.17. The van der Waals surface area contributed by atoms with Crippen LogP contribution in [0.5, 0.6) is 0 Å². The summed E-state index contributed by atoms with van der Waals surface area (Å²) in [6, 6.07) is 0. The Balaban J connectivity index is 1.85. The first-order chi connectivity index (χ1) is 14.8. The van der Waals surface area contributed by atoms with Gasteiger partial charge in [-0.15, -0.1) is 0 Å². The van der Waals surface area contributed by atoms with Crippen LogP contribution in [0.2, 0.25) is 0 Å². The fourth-order valence-electron chi connectivity index (χ4n) is 9.13. The highest BCUT2D eigenvalue weighted by Gasteiger charge is 2.82. The quantitative estimate of drug-likeness (QED) is 0.370. The van der Waals surface area contributed by atoms with E-state index in [0.29, 0.717) is 12.8 Å². The third-order valence-electron chi connectivity index (χ3n) is 10.8. The first-order valence-corrected chi connectivity index (χ1v) is 11.7. The van der Waals surface area contributed by atoms with Gasteiger partial charge >= 0.3 is 11.9 Å². The normalized spacial score (nSPS) is 48.5. The second kappa shape index (κ2) is 5.87. The largest absolute Gasteiger partial charge is 0.511 e. The van der Waals surface area contributed by atoms with Gasteiger partial charge in [0.1, 0.15) is 11.9 Å². The third kappa shape index (κ3) is 1.80. The van der Waals surface area contributed by atoms with E-state index in [1.54, 1.807) is 13.8 Å². The third-order valence-corrected chi connectivity index (χ3v) is 10.8. The predicted octanol–water partition coefficient (Wildman–Crippen LogP) is 4.29. The maximum atomic E-state index is 14.0. The van der Waals surface area contributed by atoms with Crippen molar-refractivity contribution in [2.75, 3.05) is 7.11 Å². The fraction of sp³-hybridized carbons (Fsp3) is 0.731. The van der Waals surface area contributed by atoms with Crippen LogP contribution >= 0.6 is 0 Å². The Kier molecular flexibility index (Phi) is 3.98. The van der Waals surface area contributed by atoms with Gasteiger partial charge in [0.2, 0.25) is 0 Å². The number of hydrogen-bond donors (Lipinski definition) is 1. The summed E-state index contributed by atoms with van der Waals surface area (Å²) < 4.78 is 11.3. The van der Waals surface area contributed by atoms with Gasteiger partial charge in [-0.3, -0.25) is 14.4 Å². The number of carbonyl (C=O) groups is 3. The Morgan fingerprint density at radius 2 is 1.78 bits per heavy atom. The van der Waals surface area contributed by atoms with Crippen molar-refractivity contribution in [2.24, 2.45) is 38.9 Å². The highest BCUT2D eigenvalue weighted by Crippen LogP contribution is 2.78. The number of esters is 2. The van der Waals surface area contributed by atoms with Gasteiger partial charge in [-0.25, -0.2) is 0 Å². The second-order valence-corrected chi connectivity index (χ2v) is 11.8.